The van der Waals surface area contributed by atoms with Gasteiger partial charge in [-0.05, 0) is 38.4 Å². The Labute approximate surface area is 219 Å². The number of amides is 1. The highest BCUT2D eigenvalue weighted by atomic mass is 16.5. The van der Waals surface area contributed by atoms with Gasteiger partial charge in [0.2, 0.25) is 5.65 Å². The van der Waals surface area contributed by atoms with E-state index in [2.05, 4.69) is 35.9 Å². The van der Waals surface area contributed by atoms with Gasteiger partial charge in [-0.2, -0.15) is 10.1 Å². The van der Waals surface area contributed by atoms with Gasteiger partial charge in [-0.3, -0.25) is 9.48 Å². The fourth-order valence-electron chi connectivity index (χ4n) is 4.95. The number of hydrogen-bond acceptors (Lipinski definition) is 10. The summed E-state index contributed by atoms with van der Waals surface area (Å²) in [5.74, 6) is 0.712. The summed E-state index contributed by atoms with van der Waals surface area (Å²) in [6, 6.07) is 7.60. The van der Waals surface area contributed by atoms with Crippen LogP contribution in [-0.2, 0) is 11.8 Å². The van der Waals surface area contributed by atoms with Crippen LogP contribution in [0.1, 0.15) is 29.6 Å². The molecule has 0 aliphatic carbocycles. The summed E-state index contributed by atoms with van der Waals surface area (Å²) >= 11 is 0. The second kappa shape index (κ2) is 10.0. The third-order valence-electron chi connectivity index (χ3n) is 7.19. The fraction of sp³-hybridized carbons (Fsp3) is 0.423. The van der Waals surface area contributed by atoms with Crippen LogP contribution in [0.25, 0.3) is 22.5 Å². The van der Waals surface area contributed by atoms with Crippen LogP contribution in [0.5, 0.6) is 0 Å². The van der Waals surface area contributed by atoms with Crippen molar-refractivity contribution in [3.8, 4) is 11.3 Å². The van der Waals surface area contributed by atoms with Crippen LogP contribution < -0.4 is 20.9 Å². The zero-order chi connectivity index (χ0) is 26.1. The van der Waals surface area contributed by atoms with E-state index in [0.717, 1.165) is 56.8 Å². The topological polar surface area (TPSA) is 135 Å². The van der Waals surface area contributed by atoms with E-state index >= 15 is 0 Å². The lowest BCUT2D eigenvalue weighted by Crippen LogP contribution is -2.52. The molecule has 0 bridgehead atoms. The number of oxazole rings is 1. The standard InChI is InChI=1S/C26H31N9O3/c1-27-9-10-28-25-33-22-20(38-25)14-18(23(32-22)35-11-6-26(7-12-35)8-13-37-26)24(36)31-21-5-3-4-19(30-21)17-15-29-34(2)16-17/h3-5,14-16,27H,6-13H2,1-2H3,(H,28,32,33)(H,30,31,36). The summed E-state index contributed by atoms with van der Waals surface area (Å²) in [4.78, 5) is 29.7. The first-order chi connectivity index (χ1) is 18.5. The third kappa shape index (κ3) is 4.79. The first kappa shape index (κ1) is 24.3. The molecule has 12 nitrogen and oxygen atoms in total. The van der Waals surface area contributed by atoms with Gasteiger partial charge in [-0.1, -0.05) is 6.07 Å². The molecule has 2 aliphatic rings. The Hall–Kier alpha value is -4.03. The van der Waals surface area contributed by atoms with E-state index in [-0.39, 0.29) is 11.5 Å². The zero-order valence-corrected chi connectivity index (χ0v) is 21.5. The van der Waals surface area contributed by atoms with Gasteiger partial charge in [-0.15, -0.1) is 0 Å². The van der Waals surface area contributed by atoms with Crippen molar-refractivity contribution in [1.29, 1.82) is 0 Å². The van der Waals surface area contributed by atoms with E-state index in [9.17, 15) is 4.79 Å². The van der Waals surface area contributed by atoms with E-state index in [4.69, 9.17) is 14.1 Å². The smallest absolute Gasteiger partial charge is 0.297 e. The quantitative estimate of drug-likeness (QED) is 0.299. The monoisotopic (exact) mass is 517 g/mol. The van der Waals surface area contributed by atoms with Gasteiger partial charge in [0.05, 0.1) is 29.7 Å². The van der Waals surface area contributed by atoms with Crippen molar-refractivity contribution in [2.75, 3.05) is 55.4 Å². The van der Waals surface area contributed by atoms with Crippen LogP contribution in [0.3, 0.4) is 0 Å². The molecule has 0 saturated carbocycles. The molecule has 2 fully saturated rings. The number of anilines is 3. The van der Waals surface area contributed by atoms with Crippen molar-refractivity contribution in [1.82, 2.24) is 30.0 Å². The Morgan fingerprint density at radius 1 is 1.13 bits per heavy atom. The molecule has 2 saturated heterocycles. The fourth-order valence-corrected chi connectivity index (χ4v) is 4.95. The molecule has 38 heavy (non-hydrogen) atoms. The average Bonchev–Trinajstić information content (AvgIpc) is 3.53. The Balaban J connectivity index is 1.30. The molecule has 4 aromatic rings. The van der Waals surface area contributed by atoms with Crippen LogP contribution in [0, 0.1) is 0 Å². The van der Waals surface area contributed by atoms with Crippen molar-refractivity contribution in [2.45, 2.75) is 24.9 Å². The number of aryl methyl sites for hydroxylation is 1. The summed E-state index contributed by atoms with van der Waals surface area (Å²) in [6.07, 6.45) is 6.51. The number of aromatic nitrogens is 5. The maximum Gasteiger partial charge on any atom is 0.297 e. The van der Waals surface area contributed by atoms with E-state index < -0.39 is 0 Å². The summed E-state index contributed by atoms with van der Waals surface area (Å²) in [5, 5.41) is 13.4. The average molecular weight is 518 g/mol. The lowest BCUT2D eigenvalue weighted by molar-refractivity contribution is -0.158. The number of pyridine rings is 2. The first-order valence-corrected chi connectivity index (χ1v) is 12.9. The van der Waals surface area contributed by atoms with Crippen LogP contribution in [-0.4, -0.2) is 76.1 Å². The number of likely N-dealkylation sites (N-methyl/N-ethyl adjacent to an activating group) is 1. The Bertz CT molecular complexity index is 1450. The largest absolute Gasteiger partial charge is 0.422 e. The molecule has 1 amide bonds. The van der Waals surface area contributed by atoms with Crippen LogP contribution in [0.4, 0.5) is 17.7 Å². The van der Waals surface area contributed by atoms with E-state index in [1.54, 1.807) is 23.0 Å². The summed E-state index contributed by atoms with van der Waals surface area (Å²) in [7, 11) is 3.73. The van der Waals surface area contributed by atoms with Gasteiger partial charge in [0.15, 0.2) is 5.58 Å². The SMILES string of the molecule is CNCCNc1nc2nc(N3CCC4(CCO4)CC3)c(C(=O)Nc3cccc(-c4cnn(C)c4)n3)cc2o1. The molecule has 12 heteroatoms. The van der Waals surface area contributed by atoms with E-state index in [1.165, 1.54) is 0 Å². The lowest BCUT2D eigenvalue weighted by atomic mass is 9.84. The molecule has 1 spiro atoms. The highest BCUT2D eigenvalue weighted by Crippen LogP contribution is 2.38. The zero-order valence-electron chi connectivity index (χ0n) is 21.5. The van der Waals surface area contributed by atoms with Gasteiger partial charge in [-0.25, -0.2) is 9.97 Å². The van der Waals surface area contributed by atoms with Gasteiger partial charge >= 0.3 is 0 Å². The Morgan fingerprint density at radius 2 is 1.97 bits per heavy atom. The van der Waals surface area contributed by atoms with Crippen molar-refractivity contribution < 1.29 is 13.9 Å². The molecular formula is C26H31N9O3. The highest BCUT2D eigenvalue weighted by molar-refractivity contribution is 6.08. The summed E-state index contributed by atoms with van der Waals surface area (Å²) in [5.41, 5.74) is 2.89. The first-order valence-electron chi connectivity index (χ1n) is 12.9. The van der Waals surface area contributed by atoms with Crippen molar-refractivity contribution >= 4 is 34.8 Å². The second-order valence-corrected chi connectivity index (χ2v) is 9.76. The van der Waals surface area contributed by atoms with Crippen molar-refractivity contribution in [3.05, 3.63) is 42.2 Å². The molecule has 0 unspecified atom stereocenters. The van der Waals surface area contributed by atoms with Gasteiger partial charge in [0.1, 0.15) is 11.6 Å². The molecule has 6 heterocycles. The number of nitrogens with zero attached hydrogens (tertiary/aromatic N) is 6. The number of carbonyl (C=O) groups excluding carboxylic acids is 1. The minimum absolute atomic E-state index is 0.0159. The van der Waals surface area contributed by atoms with Crippen LogP contribution in [0.2, 0.25) is 0 Å². The van der Waals surface area contributed by atoms with Gasteiger partial charge < -0.3 is 30.0 Å². The maximum atomic E-state index is 13.6. The Morgan fingerprint density at radius 3 is 2.68 bits per heavy atom. The highest BCUT2D eigenvalue weighted by Gasteiger charge is 2.42. The molecule has 0 radical (unpaired) electrons. The predicted octanol–water partition coefficient (Wildman–Crippen LogP) is 2.66. The third-order valence-corrected chi connectivity index (χ3v) is 7.19. The summed E-state index contributed by atoms with van der Waals surface area (Å²) < 4.78 is 13.5. The molecular weight excluding hydrogens is 486 g/mol. The number of carbonyl (C=O) groups is 1. The number of fused-ring (bicyclic) bond motifs is 1. The molecule has 6 rings (SSSR count). The number of ether oxygens (including phenoxy) is 1. The molecule has 198 valence electrons. The minimum Gasteiger partial charge on any atom is -0.422 e. The van der Waals surface area contributed by atoms with Crippen molar-refractivity contribution in [3.63, 3.8) is 0 Å². The van der Waals surface area contributed by atoms with Crippen LogP contribution in [0.15, 0.2) is 41.1 Å². The molecule has 0 atom stereocenters. The number of hydrogen-bond donors (Lipinski definition) is 3. The number of rotatable bonds is 8. The Kier molecular flexibility index (Phi) is 6.42. The predicted molar refractivity (Wildman–Crippen MR) is 143 cm³/mol. The lowest BCUT2D eigenvalue weighted by Gasteiger charge is -2.48. The maximum absolute atomic E-state index is 13.6. The normalized spacial score (nSPS) is 16.5. The summed E-state index contributed by atoms with van der Waals surface area (Å²) in [6.45, 7) is 3.73. The minimum atomic E-state index is -0.313. The second-order valence-electron chi connectivity index (χ2n) is 9.76. The van der Waals surface area contributed by atoms with Gasteiger partial charge in [0, 0.05) is 51.1 Å². The van der Waals surface area contributed by atoms with E-state index in [1.807, 2.05) is 32.4 Å². The van der Waals surface area contributed by atoms with Gasteiger partial charge in [0.25, 0.3) is 11.9 Å². The number of nitrogens with one attached hydrogen (secondary N) is 3. The molecule has 0 aromatic carbocycles. The molecule has 2 aliphatic heterocycles. The number of piperidine rings is 1. The van der Waals surface area contributed by atoms with E-state index in [0.29, 0.717) is 41.0 Å². The molecule has 4 aromatic heterocycles. The molecule has 3 N–H and O–H groups in total. The van der Waals surface area contributed by atoms with Crippen LogP contribution >= 0.6 is 0 Å². The van der Waals surface area contributed by atoms with Crippen molar-refractivity contribution in [2.24, 2.45) is 7.05 Å².